The number of amides is 1. The van der Waals surface area contributed by atoms with E-state index in [1.165, 1.54) is 12.1 Å². The van der Waals surface area contributed by atoms with Crippen LogP contribution in [0.1, 0.15) is 22.3 Å². The van der Waals surface area contributed by atoms with Crippen LogP contribution in [0.2, 0.25) is 0 Å². The molecule has 0 aliphatic rings. The van der Waals surface area contributed by atoms with Crippen molar-refractivity contribution >= 4 is 17.6 Å². The average Bonchev–Trinajstić information content (AvgIpc) is 2.20. The summed E-state index contributed by atoms with van der Waals surface area (Å²) in [5, 5.41) is 11.5. The summed E-state index contributed by atoms with van der Waals surface area (Å²) < 4.78 is 0. The third-order valence-electron chi connectivity index (χ3n) is 2.01. The van der Waals surface area contributed by atoms with Gasteiger partial charge in [-0.2, -0.15) is 0 Å². The maximum atomic E-state index is 11.3. The van der Waals surface area contributed by atoms with Crippen LogP contribution in [0.15, 0.2) is 30.9 Å². The highest BCUT2D eigenvalue weighted by molar-refractivity contribution is 6.00. The standard InChI is InChI=1S/C12H13NO3/c1-3-4-11(14)13-10-6-5-8(2)7-9(10)12(15)16/h3,5-7H,1,4H2,2H3,(H,13,14)(H,15,16). The second-order valence-electron chi connectivity index (χ2n) is 3.40. The number of carbonyl (C=O) groups excluding carboxylic acids is 1. The van der Waals surface area contributed by atoms with E-state index in [4.69, 9.17) is 5.11 Å². The van der Waals surface area contributed by atoms with Gasteiger partial charge in [0.1, 0.15) is 0 Å². The van der Waals surface area contributed by atoms with Crippen molar-refractivity contribution in [3.63, 3.8) is 0 Å². The summed E-state index contributed by atoms with van der Waals surface area (Å²) in [6.45, 7) is 5.23. The van der Waals surface area contributed by atoms with Gasteiger partial charge >= 0.3 is 5.97 Å². The molecule has 4 heteroatoms. The Hall–Kier alpha value is -2.10. The van der Waals surface area contributed by atoms with Crippen molar-refractivity contribution in [3.05, 3.63) is 42.0 Å². The predicted octanol–water partition coefficient (Wildman–Crippen LogP) is 2.21. The van der Waals surface area contributed by atoms with Crippen molar-refractivity contribution in [2.75, 3.05) is 5.32 Å². The molecule has 84 valence electrons. The molecule has 0 radical (unpaired) electrons. The van der Waals surface area contributed by atoms with Crippen LogP contribution in [-0.2, 0) is 4.79 Å². The molecule has 1 rings (SSSR count). The van der Waals surface area contributed by atoms with Crippen molar-refractivity contribution in [1.29, 1.82) is 0 Å². The molecule has 0 atom stereocenters. The third-order valence-corrected chi connectivity index (χ3v) is 2.01. The Balaban J connectivity index is 2.99. The van der Waals surface area contributed by atoms with E-state index in [0.717, 1.165) is 5.56 Å². The second-order valence-corrected chi connectivity index (χ2v) is 3.40. The zero-order valence-electron chi connectivity index (χ0n) is 8.99. The van der Waals surface area contributed by atoms with Crippen LogP contribution in [0.5, 0.6) is 0 Å². The number of carbonyl (C=O) groups is 2. The molecule has 0 spiro atoms. The van der Waals surface area contributed by atoms with Crippen molar-refractivity contribution in [1.82, 2.24) is 0 Å². The molecule has 0 unspecified atom stereocenters. The first-order chi connectivity index (χ1) is 7.54. The summed E-state index contributed by atoms with van der Waals surface area (Å²) >= 11 is 0. The van der Waals surface area contributed by atoms with E-state index in [0.29, 0.717) is 5.69 Å². The molecular weight excluding hydrogens is 206 g/mol. The highest BCUT2D eigenvalue weighted by Crippen LogP contribution is 2.17. The lowest BCUT2D eigenvalue weighted by Crippen LogP contribution is -2.13. The predicted molar refractivity (Wildman–Crippen MR) is 61.6 cm³/mol. The van der Waals surface area contributed by atoms with E-state index >= 15 is 0 Å². The number of carboxylic acid groups (broad SMARTS) is 1. The quantitative estimate of drug-likeness (QED) is 0.763. The van der Waals surface area contributed by atoms with E-state index in [1.54, 1.807) is 19.1 Å². The van der Waals surface area contributed by atoms with Crippen LogP contribution in [0.4, 0.5) is 5.69 Å². The summed E-state index contributed by atoms with van der Waals surface area (Å²) in [7, 11) is 0. The van der Waals surface area contributed by atoms with Gasteiger partial charge in [0.2, 0.25) is 5.91 Å². The molecule has 0 bridgehead atoms. The third kappa shape index (κ3) is 2.95. The van der Waals surface area contributed by atoms with Crippen LogP contribution in [0, 0.1) is 6.92 Å². The average molecular weight is 219 g/mol. The van der Waals surface area contributed by atoms with Crippen molar-refractivity contribution < 1.29 is 14.7 Å². The Morgan fingerprint density at radius 2 is 2.19 bits per heavy atom. The summed E-state index contributed by atoms with van der Waals surface area (Å²) in [6, 6.07) is 4.85. The van der Waals surface area contributed by atoms with Crippen molar-refractivity contribution in [2.24, 2.45) is 0 Å². The summed E-state index contributed by atoms with van der Waals surface area (Å²) in [6.07, 6.45) is 1.62. The smallest absolute Gasteiger partial charge is 0.337 e. The summed E-state index contributed by atoms with van der Waals surface area (Å²) in [5.41, 5.74) is 1.24. The Labute approximate surface area is 93.6 Å². The van der Waals surface area contributed by atoms with Gasteiger partial charge in [-0.15, -0.1) is 6.58 Å². The number of aromatic carboxylic acids is 1. The molecule has 0 saturated carbocycles. The fourth-order valence-electron chi connectivity index (χ4n) is 1.28. The number of hydrogen-bond donors (Lipinski definition) is 2. The Bertz CT molecular complexity index is 438. The lowest BCUT2D eigenvalue weighted by Gasteiger charge is -2.08. The van der Waals surface area contributed by atoms with Crippen LogP contribution < -0.4 is 5.32 Å². The Morgan fingerprint density at radius 1 is 1.50 bits per heavy atom. The number of hydrogen-bond acceptors (Lipinski definition) is 2. The largest absolute Gasteiger partial charge is 0.478 e. The topological polar surface area (TPSA) is 66.4 Å². The fourth-order valence-corrected chi connectivity index (χ4v) is 1.28. The molecule has 0 aliphatic heterocycles. The van der Waals surface area contributed by atoms with Gasteiger partial charge in [-0.3, -0.25) is 4.79 Å². The molecule has 0 aliphatic carbocycles. The van der Waals surface area contributed by atoms with Gasteiger partial charge in [0, 0.05) is 6.42 Å². The molecule has 0 saturated heterocycles. The van der Waals surface area contributed by atoms with E-state index in [-0.39, 0.29) is 17.9 Å². The fraction of sp³-hybridized carbons (Fsp3) is 0.167. The first-order valence-corrected chi connectivity index (χ1v) is 4.79. The van der Waals surface area contributed by atoms with Gasteiger partial charge in [-0.1, -0.05) is 17.7 Å². The van der Waals surface area contributed by atoms with Crippen LogP contribution >= 0.6 is 0 Å². The molecule has 0 aromatic heterocycles. The zero-order chi connectivity index (χ0) is 12.1. The van der Waals surface area contributed by atoms with E-state index in [2.05, 4.69) is 11.9 Å². The normalized spacial score (nSPS) is 9.56. The maximum absolute atomic E-state index is 11.3. The molecule has 1 aromatic carbocycles. The van der Waals surface area contributed by atoms with Crippen LogP contribution in [0.25, 0.3) is 0 Å². The molecule has 1 aromatic rings. The number of aryl methyl sites for hydroxylation is 1. The number of rotatable bonds is 4. The van der Waals surface area contributed by atoms with Crippen molar-refractivity contribution in [3.8, 4) is 0 Å². The van der Waals surface area contributed by atoms with Gasteiger partial charge in [-0.05, 0) is 19.1 Å². The SMILES string of the molecule is C=CCC(=O)Nc1ccc(C)cc1C(=O)O. The molecule has 4 nitrogen and oxygen atoms in total. The van der Waals surface area contributed by atoms with Gasteiger partial charge < -0.3 is 10.4 Å². The molecule has 16 heavy (non-hydrogen) atoms. The first kappa shape index (κ1) is 12.0. The number of benzene rings is 1. The van der Waals surface area contributed by atoms with E-state index in [9.17, 15) is 9.59 Å². The van der Waals surface area contributed by atoms with E-state index < -0.39 is 5.97 Å². The minimum atomic E-state index is -1.06. The van der Waals surface area contributed by atoms with Gasteiger partial charge in [0.15, 0.2) is 0 Å². The van der Waals surface area contributed by atoms with Crippen LogP contribution in [-0.4, -0.2) is 17.0 Å². The minimum Gasteiger partial charge on any atom is -0.478 e. The number of anilines is 1. The van der Waals surface area contributed by atoms with Gasteiger partial charge in [-0.25, -0.2) is 4.79 Å². The Morgan fingerprint density at radius 3 is 2.75 bits per heavy atom. The lowest BCUT2D eigenvalue weighted by atomic mass is 10.1. The summed E-state index contributed by atoms with van der Waals surface area (Å²) in [4.78, 5) is 22.2. The maximum Gasteiger partial charge on any atom is 0.337 e. The number of carboxylic acids is 1. The highest BCUT2D eigenvalue weighted by Gasteiger charge is 2.11. The second kappa shape index (κ2) is 5.11. The monoisotopic (exact) mass is 219 g/mol. The zero-order valence-corrected chi connectivity index (χ0v) is 8.99. The van der Waals surface area contributed by atoms with Crippen molar-refractivity contribution in [2.45, 2.75) is 13.3 Å². The molecule has 0 heterocycles. The van der Waals surface area contributed by atoms with Gasteiger partial charge in [0.25, 0.3) is 0 Å². The minimum absolute atomic E-state index is 0.0948. The Kier molecular flexibility index (Phi) is 3.83. The van der Waals surface area contributed by atoms with Gasteiger partial charge in [0.05, 0.1) is 11.3 Å². The first-order valence-electron chi connectivity index (χ1n) is 4.79. The van der Waals surface area contributed by atoms with Crippen LogP contribution in [0.3, 0.4) is 0 Å². The molecular formula is C12H13NO3. The molecule has 1 amide bonds. The number of nitrogens with one attached hydrogen (secondary N) is 1. The highest BCUT2D eigenvalue weighted by atomic mass is 16.4. The molecule has 0 fully saturated rings. The molecule has 2 N–H and O–H groups in total. The lowest BCUT2D eigenvalue weighted by molar-refractivity contribution is -0.115. The summed E-state index contributed by atoms with van der Waals surface area (Å²) in [5.74, 6) is -1.33. The van der Waals surface area contributed by atoms with E-state index in [1.807, 2.05) is 0 Å².